The molecule has 2 heteroatoms. The van der Waals surface area contributed by atoms with Crippen molar-refractivity contribution in [2.45, 2.75) is 38.2 Å². The first-order chi connectivity index (χ1) is 8.67. The molecule has 1 fully saturated rings. The monoisotopic (exact) mass is 241 g/mol. The summed E-state index contributed by atoms with van der Waals surface area (Å²) < 4.78 is 0. The lowest BCUT2D eigenvalue weighted by atomic mass is 9.75. The Labute approximate surface area is 108 Å². The lowest BCUT2D eigenvalue weighted by Gasteiger charge is -2.34. The highest BCUT2D eigenvalue weighted by molar-refractivity contribution is 5.85. The number of pyridine rings is 1. The Morgan fingerprint density at radius 3 is 2.89 bits per heavy atom. The third kappa shape index (κ3) is 2.01. The van der Waals surface area contributed by atoms with Crippen LogP contribution in [0.15, 0.2) is 36.7 Å². The average molecular weight is 241 g/mol. The van der Waals surface area contributed by atoms with E-state index in [-0.39, 0.29) is 0 Å². The number of rotatable bonds is 3. The quantitative estimate of drug-likeness (QED) is 0.890. The molecule has 3 rings (SSSR count). The van der Waals surface area contributed by atoms with E-state index in [4.69, 9.17) is 0 Å². The zero-order valence-electron chi connectivity index (χ0n) is 10.8. The summed E-state index contributed by atoms with van der Waals surface area (Å²) in [6.45, 7) is 1.94. The van der Waals surface area contributed by atoms with Crippen LogP contribution in [-0.4, -0.2) is 10.1 Å². The van der Waals surface area contributed by atoms with Crippen LogP contribution in [0.2, 0.25) is 0 Å². The second kappa shape index (κ2) is 4.36. The van der Waals surface area contributed by atoms with Crippen LogP contribution in [0.4, 0.5) is 0 Å². The van der Waals surface area contributed by atoms with Gasteiger partial charge in [-0.25, -0.2) is 0 Å². The van der Waals surface area contributed by atoms with Crippen molar-refractivity contribution in [2.75, 3.05) is 0 Å². The fourth-order valence-electron chi connectivity index (χ4n) is 2.96. The molecule has 0 aliphatic heterocycles. The average Bonchev–Trinajstić information content (AvgIpc) is 2.33. The Morgan fingerprint density at radius 2 is 2.17 bits per heavy atom. The van der Waals surface area contributed by atoms with Crippen molar-refractivity contribution in [1.82, 2.24) is 4.98 Å². The fraction of sp³-hybridized carbons (Fsp3) is 0.438. The highest BCUT2D eigenvalue weighted by Gasteiger charge is 2.31. The van der Waals surface area contributed by atoms with Crippen LogP contribution in [0.1, 0.15) is 38.2 Å². The van der Waals surface area contributed by atoms with E-state index in [0.29, 0.717) is 5.92 Å². The van der Waals surface area contributed by atoms with Gasteiger partial charge in [-0.1, -0.05) is 37.5 Å². The summed E-state index contributed by atoms with van der Waals surface area (Å²) in [5.41, 5.74) is 0.306. The molecule has 0 spiro atoms. The van der Waals surface area contributed by atoms with Crippen molar-refractivity contribution in [3.05, 3.63) is 42.2 Å². The van der Waals surface area contributed by atoms with Crippen LogP contribution in [0.25, 0.3) is 10.8 Å². The Morgan fingerprint density at radius 1 is 1.33 bits per heavy atom. The van der Waals surface area contributed by atoms with Gasteiger partial charge in [0.25, 0.3) is 0 Å². The van der Waals surface area contributed by atoms with Gasteiger partial charge in [0.15, 0.2) is 0 Å². The second-order valence-electron chi connectivity index (χ2n) is 5.68. The molecule has 1 aliphatic rings. The molecular weight excluding hydrogens is 222 g/mol. The zero-order chi connectivity index (χ0) is 12.6. The van der Waals surface area contributed by atoms with Gasteiger partial charge >= 0.3 is 0 Å². The number of hydrogen-bond acceptors (Lipinski definition) is 2. The molecule has 0 radical (unpaired) electrons. The molecule has 1 saturated carbocycles. The maximum absolute atomic E-state index is 10.8. The molecule has 94 valence electrons. The zero-order valence-corrected chi connectivity index (χ0v) is 10.8. The molecule has 18 heavy (non-hydrogen) atoms. The topological polar surface area (TPSA) is 33.1 Å². The lowest BCUT2D eigenvalue weighted by molar-refractivity contribution is 0.0175. The van der Waals surface area contributed by atoms with Crippen LogP contribution < -0.4 is 0 Å². The highest BCUT2D eigenvalue weighted by Crippen LogP contribution is 2.39. The Kier molecular flexibility index (Phi) is 2.83. The molecule has 0 amide bonds. The molecule has 1 atom stereocenters. The summed E-state index contributed by atoms with van der Waals surface area (Å²) in [6.07, 6.45) is 8.38. The normalized spacial score (nSPS) is 19.4. The first kappa shape index (κ1) is 11.7. The minimum absolute atomic E-state index is 0.692. The number of benzene rings is 1. The molecule has 1 heterocycles. The van der Waals surface area contributed by atoms with Crippen LogP contribution in [-0.2, 0) is 5.60 Å². The van der Waals surface area contributed by atoms with E-state index in [1.165, 1.54) is 19.3 Å². The first-order valence-electron chi connectivity index (χ1n) is 6.72. The molecule has 1 unspecified atom stereocenters. The van der Waals surface area contributed by atoms with Crippen molar-refractivity contribution in [3.8, 4) is 0 Å². The molecule has 2 nitrogen and oxygen atoms in total. The predicted octanol–water partition coefficient (Wildman–Crippen LogP) is 3.63. The van der Waals surface area contributed by atoms with Gasteiger partial charge in [-0.3, -0.25) is 4.98 Å². The van der Waals surface area contributed by atoms with E-state index in [9.17, 15) is 5.11 Å². The van der Waals surface area contributed by atoms with Gasteiger partial charge in [-0.05, 0) is 36.3 Å². The summed E-state index contributed by atoms with van der Waals surface area (Å²) in [7, 11) is 0. The maximum atomic E-state index is 10.8. The van der Waals surface area contributed by atoms with Gasteiger partial charge in [-0.2, -0.15) is 0 Å². The van der Waals surface area contributed by atoms with Crippen molar-refractivity contribution in [1.29, 1.82) is 0 Å². The SMILES string of the molecule is CC(O)(CC1CCC1)c1cccc2cnccc12. The van der Waals surface area contributed by atoms with Gasteiger partial charge < -0.3 is 5.11 Å². The maximum Gasteiger partial charge on any atom is 0.0877 e. The first-order valence-corrected chi connectivity index (χ1v) is 6.72. The summed E-state index contributed by atoms with van der Waals surface area (Å²) in [6, 6.07) is 8.10. The summed E-state index contributed by atoms with van der Waals surface area (Å²) in [4.78, 5) is 4.14. The smallest absolute Gasteiger partial charge is 0.0877 e. The van der Waals surface area contributed by atoms with Gasteiger partial charge in [0.05, 0.1) is 5.60 Å². The summed E-state index contributed by atoms with van der Waals surface area (Å²) in [5, 5.41) is 13.0. The van der Waals surface area contributed by atoms with Crippen molar-refractivity contribution in [3.63, 3.8) is 0 Å². The molecule has 1 aromatic heterocycles. The van der Waals surface area contributed by atoms with Crippen molar-refractivity contribution in [2.24, 2.45) is 5.92 Å². The largest absolute Gasteiger partial charge is 0.385 e. The minimum atomic E-state index is -0.730. The standard InChI is InChI=1S/C16H19NO/c1-16(18,10-12-4-2-5-12)15-7-3-6-13-11-17-9-8-14(13)15/h3,6-9,11-12,18H,2,4-5,10H2,1H3. The Balaban J connectivity index is 2.01. The number of aromatic nitrogens is 1. The van der Waals surface area contributed by atoms with Gasteiger partial charge in [-0.15, -0.1) is 0 Å². The molecule has 1 aliphatic carbocycles. The molecular formula is C16H19NO. The Hall–Kier alpha value is -1.41. The van der Waals surface area contributed by atoms with Crippen LogP contribution in [0.5, 0.6) is 0 Å². The van der Waals surface area contributed by atoms with Gasteiger partial charge in [0.1, 0.15) is 0 Å². The third-order valence-corrected chi connectivity index (χ3v) is 4.17. The minimum Gasteiger partial charge on any atom is -0.385 e. The van der Waals surface area contributed by atoms with E-state index >= 15 is 0 Å². The third-order valence-electron chi connectivity index (χ3n) is 4.17. The van der Waals surface area contributed by atoms with E-state index in [0.717, 1.165) is 22.8 Å². The number of hydrogen-bond donors (Lipinski definition) is 1. The fourth-order valence-corrected chi connectivity index (χ4v) is 2.96. The Bertz CT molecular complexity index is 553. The summed E-state index contributed by atoms with van der Waals surface area (Å²) >= 11 is 0. The second-order valence-corrected chi connectivity index (χ2v) is 5.68. The van der Waals surface area contributed by atoms with E-state index in [2.05, 4.69) is 4.98 Å². The van der Waals surface area contributed by atoms with E-state index in [1.54, 1.807) is 6.20 Å². The van der Waals surface area contributed by atoms with E-state index < -0.39 is 5.60 Å². The molecule has 0 saturated heterocycles. The number of fused-ring (bicyclic) bond motifs is 1. The summed E-state index contributed by atoms with van der Waals surface area (Å²) in [5.74, 6) is 0.692. The van der Waals surface area contributed by atoms with Gasteiger partial charge in [0, 0.05) is 17.8 Å². The molecule has 2 aromatic rings. The van der Waals surface area contributed by atoms with Gasteiger partial charge in [0.2, 0.25) is 0 Å². The highest BCUT2D eigenvalue weighted by atomic mass is 16.3. The molecule has 0 bridgehead atoms. The lowest BCUT2D eigenvalue weighted by Crippen LogP contribution is -2.28. The van der Waals surface area contributed by atoms with Crippen LogP contribution in [0, 0.1) is 5.92 Å². The van der Waals surface area contributed by atoms with E-state index in [1.807, 2.05) is 37.4 Å². The van der Waals surface area contributed by atoms with Crippen molar-refractivity contribution >= 4 is 10.8 Å². The number of nitrogens with zero attached hydrogens (tertiary/aromatic N) is 1. The van der Waals surface area contributed by atoms with Crippen molar-refractivity contribution < 1.29 is 5.11 Å². The van der Waals surface area contributed by atoms with Crippen LogP contribution in [0.3, 0.4) is 0 Å². The molecule has 1 N–H and O–H groups in total. The predicted molar refractivity (Wildman–Crippen MR) is 73.3 cm³/mol. The van der Waals surface area contributed by atoms with Crippen LogP contribution >= 0.6 is 0 Å². The molecule has 1 aromatic carbocycles. The number of aliphatic hydroxyl groups is 1.